The minimum Gasteiger partial charge on any atom is -0.350 e. The van der Waals surface area contributed by atoms with Gasteiger partial charge in [0.15, 0.2) is 6.29 Å². The molecule has 2 aliphatic heterocycles. The number of nitrogens with one attached hydrogen (secondary N) is 1. The van der Waals surface area contributed by atoms with E-state index in [1.165, 1.54) is 22.3 Å². The molecule has 3 heterocycles. The summed E-state index contributed by atoms with van der Waals surface area (Å²) in [5.41, 5.74) is 5.91. The van der Waals surface area contributed by atoms with Crippen molar-refractivity contribution >= 4 is 21.9 Å². The highest BCUT2D eigenvalue weighted by Crippen LogP contribution is 2.27. The number of amides is 1. The summed E-state index contributed by atoms with van der Waals surface area (Å²) in [4.78, 5) is 30.6. The van der Waals surface area contributed by atoms with E-state index in [1.807, 2.05) is 43.3 Å². The number of benzene rings is 2. The third kappa shape index (κ3) is 7.08. The number of hydrogen-bond donors (Lipinski definition) is 1. The van der Waals surface area contributed by atoms with Crippen molar-refractivity contribution in [1.29, 1.82) is 0 Å². The first kappa shape index (κ1) is 29.1. The van der Waals surface area contributed by atoms with Gasteiger partial charge in [0.1, 0.15) is 0 Å². The maximum atomic E-state index is 13.4. The number of anilines is 1. The van der Waals surface area contributed by atoms with Gasteiger partial charge in [0.05, 0.1) is 10.5 Å². The predicted octanol–water partition coefficient (Wildman–Crippen LogP) is 2.90. The molecule has 0 saturated carbocycles. The second-order valence-electron chi connectivity index (χ2n) is 10.4. The second-order valence-corrected chi connectivity index (χ2v) is 12.4. The second kappa shape index (κ2) is 13.0. The number of hydroxylamine groups is 1. The summed E-state index contributed by atoms with van der Waals surface area (Å²) in [7, 11) is 0.400. The van der Waals surface area contributed by atoms with Crippen LogP contribution in [-0.2, 0) is 26.1 Å². The molecule has 1 aromatic heterocycles. The van der Waals surface area contributed by atoms with Crippen molar-refractivity contribution in [2.45, 2.75) is 37.0 Å². The van der Waals surface area contributed by atoms with Crippen LogP contribution in [0.1, 0.15) is 35.2 Å². The summed E-state index contributed by atoms with van der Waals surface area (Å²) in [6, 6.07) is 15.3. The molecule has 1 unspecified atom stereocenters. The van der Waals surface area contributed by atoms with E-state index in [2.05, 4.69) is 32.5 Å². The van der Waals surface area contributed by atoms with Crippen LogP contribution in [-0.4, -0.2) is 86.7 Å². The van der Waals surface area contributed by atoms with Crippen molar-refractivity contribution < 1.29 is 22.8 Å². The number of ether oxygens (including phenoxy) is 1. The molecule has 0 radical (unpaired) electrons. The topological polar surface area (TPSA) is 117 Å². The maximum Gasteiger partial charge on any atom is 0.278 e. The molecule has 218 valence electrons. The highest BCUT2D eigenvalue weighted by molar-refractivity contribution is 7.89. The molecule has 12 heteroatoms. The van der Waals surface area contributed by atoms with Gasteiger partial charge in [0, 0.05) is 58.1 Å². The first-order valence-electron chi connectivity index (χ1n) is 13.8. The molecule has 2 saturated heterocycles. The number of carbonyl (C=O) groups is 1. The van der Waals surface area contributed by atoms with Crippen molar-refractivity contribution in [1.82, 2.24) is 24.7 Å². The average molecular weight is 581 g/mol. The number of nitrogens with zero attached hydrogens (tertiary/aromatic N) is 5. The van der Waals surface area contributed by atoms with E-state index in [4.69, 9.17) is 9.57 Å². The van der Waals surface area contributed by atoms with E-state index in [0.717, 1.165) is 36.9 Å². The van der Waals surface area contributed by atoms with E-state index in [9.17, 15) is 13.2 Å². The Morgan fingerprint density at radius 1 is 1.02 bits per heavy atom. The van der Waals surface area contributed by atoms with Gasteiger partial charge >= 0.3 is 0 Å². The van der Waals surface area contributed by atoms with Gasteiger partial charge in [0.2, 0.25) is 16.0 Å². The standard InChI is InChI=1S/C29H36N6O5S/c1-33(2)21-23-7-3-4-8-26(23)22-10-12-25(13-11-22)41(37,38)35-16-14-34(15-17-35)29-30-19-24(20-31-29)28(36)32-40-27-9-5-6-18-39-27/h3-4,7-8,10-13,19-20,27H,5-6,9,14-18,21H2,1-2H3,(H,32,36). The first-order valence-corrected chi connectivity index (χ1v) is 15.2. The van der Waals surface area contributed by atoms with Crippen molar-refractivity contribution in [2.24, 2.45) is 0 Å². The zero-order valence-corrected chi connectivity index (χ0v) is 24.2. The zero-order chi connectivity index (χ0) is 28.8. The summed E-state index contributed by atoms with van der Waals surface area (Å²) >= 11 is 0. The summed E-state index contributed by atoms with van der Waals surface area (Å²) in [5, 5.41) is 0. The minimum atomic E-state index is -3.65. The SMILES string of the molecule is CN(C)Cc1ccccc1-c1ccc(S(=O)(=O)N2CCN(c3ncc(C(=O)NOC4CCCCO4)cn3)CC2)cc1. The predicted molar refractivity (Wildman–Crippen MR) is 154 cm³/mol. The summed E-state index contributed by atoms with van der Waals surface area (Å²) < 4.78 is 33.7. The Morgan fingerprint density at radius 2 is 1.73 bits per heavy atom. The Hall–Kier alpha value is -3.42. The summed E-state index contributed by atoms with van der Waals surface area (Å²) in [6.45, 7) is 2.88. The van der Waals surface area contributed by atoms with E-state index >= 15 is 0 Å². The Balaban J connectivity index is 1.17. The van der Waals surface area contributed by atoms with Crippen LogP contribution < -0.4 is 10.4 Å². The van der Waals surface area contributed by atoms with Crippen LogP contribution in [0.3, 0.4) is 0 Å². The maximum absolute atomic E-state index is 13.4. The molecule has 2 fully saturated rings. The third-order valence-corrected chi connectivity index (χ3v) is 9.06. The fourth-order valence-electron chi connectivity index (χ4n) is 4.95. The zero-order valence-electron chi connectivity index (χ0n) is 23.4. The van der Waals surface area contributed by atoms with Gasteiger partial charge in [-0.25, -0.2) is 28.7 Å². The van der Waals surface area contributed by atoms with E-state index < -0.39 is 22.2 Å². The van der Waals surface area contributed by atoms with Crippen LogP contribution in [0.2, 0.25) is 0 Å². The van der Waals surface area contributed by atoms with Crippen molar-refractivity contribution in [2.75, 3.05) is 51.8 Å². The highest BCUT2D eigenvalue weighted by atomic mass is 32.2. The number of sulfonamides is 1. The lowest BCUT2D eigenvalue weighted by atomic mass is 9.99. The smallest absolute Gasteiger partial charge is 0.278 e. The molecule has 1 atom stereocenters. The van der Waals surface area contributed by atoms with Gasteiger partial charge in [-0.2, -0.15) is 4.31 Å². The van der Waals surface area contributed by atoms with Crippen LogP contribution in [0.15, 0.2) is 65.8 Å². The van der Waals surface area contributed by atoms with Crippen LogP contribution in [0.5, 0.6) is 0 Å². The van der Waals surface area contributed by atoms with Gasteiger partial charge < -0.3 is 14.5 Å². The molecular formula is C29H36N6O5S. The number of hydrogen-bond acceptors (Lipinski definition) is 9. The lowest BCUT2D eigenvalue weighted by molar-refractivity contribution is -0.186. The molecule has 11 nitrogen and oxygen atoms in total. The van der Waals surface area contributed by atoms with Gasteiger partial charge in [-0.1, -0.05) is 36.4 Å². The average Bonchev–Trinajstić information content (AvgIpc) is 3.00. The Bertz CT molecular complexity index is 1420. The van der Waals surface area contributed by atoms with Crippen LogP contribution >= 0.6 is 0 Å². The largest absolute Gasteiger partial charge is 0.350 e. The fourth-order valence-corrected chi connectivity index (χ4v) is 6.37. The summed E-state index contributed by atoms with van der Waals surface area (Å²) in [6.07, 6.45) is 5.14. The normalized spacial score (nSPS) is 18.4. The molecule has 3 aromatic rings. The fraction of sp³-hybridized carbons (Fsp3) is 0.414. The minimum absolute atomic E-state index is 0.263. The van der Waals surface area contributed by atoms with Gasteiger partial charge in [0.25, 0.3) is 5.91 Å². The van der Waals surface area contributed by atoms with Crippen LogP contribution in [0.4, 0.5) is 5.95 Å². The van der Waals surface area contributed by atoms with Crippen LogP contribution in [0, 0.1) is 0 Å². The van der Waals surface area contributed by atoms with Gasteiger partial charge in [-0.05, 0) is 55.8 Å². The quantitative estimate of drug-likeness (QED) is 0.381. The molecule has 1 amide bonds. The first-order chi connectivity index (χ1) is 19.8. The van der Waals surface area contributed by atoms with Crippen molar-refractivity contribution in [3.05, 3.63) is 72.1 Å². The Labute approximate surface area is 241 Å². The number of carbonyl (C=O) groups excluding carboxylic acids is 1. The Kier molecular flexibility index (Phi) is 9.25. The van der Waals surface area contributed by atoms with Gasteiger partial charge in [-0.15, -0.1) is 0 Å². The molecular weight excluding hydrogens is 544 g/mol. The molecule has 5 rings (SSSR count). The van der Waals surface area contributed by atoms with Crippen LogP contribution in [0.25, 0.3) is 11.1 Å². The lowest BCUT2D eigenvalue weighted by Crippen LogP contribution is -2.49. The monoisotopic (exact) mass is 580 g/mol. The van der Waals surface area contributed by atoms with Crippen molar-refractivity contribution in [3.63, 3.8) is 0 Å². The van der Waals surface area contributed by atoms with Gasteiger partial charge in [-0.3, -0.25) is 4.79 Å². The molecule has 2 aromatic carbocycles. The molecule has 0 spiro atoms. The van der Waals surface area contributed by atoms with Crippen molar-refractivity contribution in [3.8, 4) is 11.1 Å². The number of piperazine rings is 1. The highest BCUT2D eigenvalue weighted by Gasteiger charge is 2.29. The molecule has 2 aliphatic rings. The van der Waals surface area contributed by atoms with E-state index in [-0.39, 0.29) is 10.5 Å². The lowest BCUT2D eigenvalue weighted by Gasteiger charge is -2.34. The van der Waals surface area contributed by atoms with E-state index in [1.54, 1.807) is 12.1 Å². The third-order valence-electron chi connectivity index (χ3n) is 7.15. The summed E-state index contributed by atoms with van der Waals surface area (Å²) in [5.74, 6) is -0.00952. The van der Waals surface area contributed by atoms with E-state index in [0.29, 0.717) is 38.7 Å². The molecule has 41 heavy (non-hydrogen) atoms. The molecule has 0 bridgehead atoms. The molecule has 1 N–H and O–H groups in total. The Morgan fingerprint density at radius 3 is 2.39 bits per heavy atom. The number of rotatable bonds is 9. The number of aromatic nitrogens is 2. The molecule has 0 aliphatic carbocycles.